The number of carbonyl (C=O) groups is 1. The number of benzene rings is 1. The molecule has 1 amide bonds. The topological polar surface area (TPSA) is 72.0 Å². The quantitative estimate of drug-likeness (QED) is 0.248. The summed E-state index contributed by atoms with van der Waals surface area (Å²) in [4.78, 5) is 21.6. The number of halogens is 1. The summed E-state index contributed by atoms with van der Waals surface area (Å²) in [6, 6.07) is 11.2. The van der Waals surface area contributed by atoms with Crippen molar-refractivity contribution in [3.8, 4) is 0 Å². The second-order valence-electron chi connectivity index (χ2n) is 9.44. The Kier molecular flexibility index (Phi) is 10.7. The van der Waals surface area contributed by atoms with E-state index in [0.717, 1.165) is 51.5 Å². The van der Waals surface area contributed by atoms with E-state index < -0.39 is 0 Å². The van der Waals surface area contributed by atoms with Crippen molar-refractivity contribution in [2.45, 2.75) is 58.2 Å². The lowest BCUT2D eigenvalue weighted by Crippen LogP contribution is -2.54. The lowest BCUT2D eigenvalue weighted by molar-refractivity contribution is -0.122. The molecule has 180 valence electrons. The van der Waals surface area contributed by atoms with Crippen LogP contribution in [-0.2, 0) is 4.79 Å². The molecular weight excluding hydrogens is 515 g/mol. The van der Waals surface area contributed by atoms with E-state index in [4.69, 9.17) is 4.99 Å². The highest BCUT2D eigenvalue weighted by molar-refractivity contribution is 14.0. The summed E-state index contributed by atoms with van der Waals surface area (Å²) in [5.74, 6) is 1.13. The van der Waals surface area contributed by atoms with Crippen LogP contribution in [0.4, 0.5) is 0 Å². The lowest BCUT2D eigenvalue weighted by Gasteiger charge is -2.37. The van der Waals surface area contributed by atoms with Crippen LogP contribution >= 0.6 is 24.0 Å². The van der Waals surface area contributed by atoms with Gasteiger partial charge in [0.25, 0.3) is 0 Å². The number of carbonyl (C=O) groups excluding carboxylic acids is 1. The zero-order valence-electron chi connectivity index (χ0n) is 20.1. The van der Waals surface area contributed by atoms with Gasteiger partial charge in [0.2, 0.25) is 5.91 Å². The molecule has 1 aliphatic carbocycles. The SMILES string of the molecule is CCNC(=NCC(C)(C)NC(C)c1ccccc1)N1CCN(CC(=O)NC2CC2)CC1.I. The van der Waals surface area contributed by atoms with Crippen LogP contribution in [0.15, 0.2) is 35.3 Å². The van der Waals surface area contributed by atoms with Gasteiger partial charge in [-0.15, -0.1) is 24.0 Å². The van der Waals surface area contributed by atoms with Gasteiger partial charge in [-0.05, 0) is 46.1 Å². The normalized spacial score (nSPS) is 18.6. The minimum atomic E-state index is -0.126. The molecule has 1 atom stereocenters. The van der Waals surface area contributed by atoms with Gasteiger partial charge >= 0.3 is 0 Å². The molecule has 1 saturated carbocycles. The Balaban J connectivity index is 0.00000363. The molecule has 3 rings (SSSR count). The third kappa shape index (κ3) is 8.86. The van der Waals surface area contributed by atoms with E-state index in [9.17, 15) is 4.79 Å². The highest BCUT2D eigenvalue weighted by Gasteiger charge is 2.26. The summed E-state index contributed by atoms with van der Waals surface area (Å²) in [6.07, 6.45) is 2.27. The first-order valence-corrected chi connectivity index (χ1v) is 11.7. The molecule has 0 bridgehead atoms. The van der Waals surface area contributed by atoms with Crippen LogP contribution in [0.3, 0.4) is 0 Å². The lowest BCUT2D eigenvalue weighted by atomic mass is 10.0. The number of aliphatic imine (C=N–C) groups is 1. The number of amides is 1. The molecule has 1 saturated heterocycles. The summed E-state index contributed by atoms with van der Waals surface area (Å²) in [7, 11) is 0. The van der Waals surface area contributed by atoms with Crippen LogP contribution in [0.5, 0.6) is 0 Å². The molecule has 3 N–H and O–H groups in total. The van der Waals surface area contributed by atoms with Crippen LogP contribution in [0.1, 0.15) is 52.1 Å². The smallest absolute Gasteiger partial charge is 0.234 e. The number of rotatable bonds is 9. The highest BCUT2D eigenvalue weighted by atomic mass is 127. The number of nitrogens with zero attached hydrogens (tertiary/aromatic N) is 3. The van der Waals surface area contributed by atoms with Crippen molar-refractivity contribution in [3.05, 3.63) is 35.9 Å². The van der Waals surface area contributed by atoms with Crippen LogP contribution in [0.25, 0.3) is 0 Å². The van der Waals surface area contributed by atoms with Gasteiger partial charge in [-0.2, -0.15) is 0 Å². The predicted molar refractivity (Wildman–Crippen MR) is 143 cm³/mol. The van der Waals surface area contributed by atoms with Gasteiger partial charge in [-0.1, -0.05) is 30.3 Å². The molecule has 1 aromatic rings. The van der Waals surface area contributed by atoms with Crippen molar-refractivity contribution in [1.82, 2.24) is 25.8 Å². The molecule has 0 spiro atoms. The Bertz CT molecular complexity index is 729. The van der Waals surface area contributed by atoms with E-state index in [2.05, 4.69) is 77.7 Å². The fraction of sp³-hybridized carbons (Fsp3) is 0.667. The third-order valence-electron chi connectivity index (χ3n) is 5.85. The fourth-order valence-corrected chi connectivity index (χ4v) is 3.98. The molecule has 2 aliphatic rings. The van der Waals surface area contributed by atoms with E-state index in [0.29, 0.717) is 19.1 Å². The first-order valence-electron chi connectivity index (χ1n) is 11.7. The highest BCUT2D eigenvalue weighted by Crippen LogP contribution is 2.18. The summed E-state index contributed by atoms with van der Waals surface area (Å²) in [5.41, 5.74) is 1.16. The first kappa shape index (κ1) is 26.9. The van der Waals surface area contributed by atoms with Crippen molar-refractivity contribution in [2.24, 2.45) is 4.99 Å². The average Bonchev–Trinajstić information content (AvgIpc) is 3.56. The van der Waals surface area contributed by atoms with Crippen LogP contribution in [0.2, 0.25) is 0 Å². The Hall–Kier alpha value is -1.39. The van der Waals surface area contributed by atoms with Crippen molar-refractivity contribution in [1.29, 1.82) is 0 Å². The average molecular weight is 557 g/mol. The molecule has 1 aromatic carbocycles. The second-order valence-corrected chi connectivity index (χ2v) is 9.44. The standard InChI is InChI=1S/C24H40N6O.HI/c1-5-25-23(26-18-24(3,4)28-19(2)20-9-7-6-8-10-20)30-15-13-29(14-16-30)17-22(31)27-21-11-12-21;/h6-10,19,21,28H,5,11-18H2,1-4H3,(H,25,26)(H,27,31);1H. The molecule has 1 heterocycles. The van der Waals surface area contributed by atoms with Crippen molar-refractivity contribution >= 4 is 35.8 Å². The molecule has 7 nitrogen and oxygen atoms in total. The maximum Gasteiger partial charge on any atom is 0.234 e. The first-order chi connectivity index (χ1) is 14.9. The number of piperazine rings is 1. The Morgan fingerprint density at radius 3 is 2.41 bits per heavy atom. The van der Waals surface area contributed by atoms with Gasteiger partial charge in [0.15, 0.2) is 5.96 Å². The van der Waals surface area contributed by atoms with Crippen LogP contribution in [0, 0.1) is 0 Å². The van der Waals surface area contributed by atoms with Crippen LogP contribution < -0.4 is 16.0 Å². The van der Waals surface area contributed by atoms with E-state index in [1.54, 1.807) is 0 Å². The van der Waals surface area contributed by atoms with Gasteiger partial charge < -0.3 is 20.9 Å². The second kappa shape index (κ2) is 12.7. The van der Waals surface area contributed by atoms with Gasteiger partial charge in [0, 0.05) is 50.3 Å². The van der Waals surface area contributed by atoms with E-state index in [-0.39, 0.29) is 41.5 Å². The fourth-order valence-electron chi connectivity index (χ4n) is 3.98. The molecule has 1 aliphatic heterocycles. The van der Waals surface area contributed by atoms with Crippen LogP contribution in [-0.4, -0.2) is 79.1 Å². The Morgan fingerprint density at radius 2 is 1.81 bits per heavy atom. The third-order valence-corrected chi connectivity index (χ3v) is 5.85. The van der Waals surface area contributed by atoms with Crippen molar-refractivity contribution < 1.29 is 4.79 Å². The predicted octanol–water partition coefficient (Wildman–Crippen LogP) is 2.60. The largest absolute Gasteiger partial charge is 0.357 e. The van der Waals surface area contributed by atoms with Crippen molar-refractivity contribution in [3.63, 3.8) is 0 Å². The Labute approximate surface area is 210 Å². The number of hydrogen-bond acceptors (Lipinski definition) is 4. The maximum absolute atomic E-state index is 12.1. The Morgan fingerprint density at radius 1 is 1.16 bits per heavy atom. The van der Waals surface area contributed by atoms with Crippen molar-refractivity contribution in [2.75, 3.05) is 45.8 Å². The summed E-state index contributed by atoms with van der Waals surface area (Å²) in [6.45, 7) is 14.3. The molecule has 1 unspecified atom stereocenters. The molecular formula is C24H41IN6O. The van der Waals surface area contributed by atoms with E-state index in [1.807, 2.05) is 6.07 Å². The van der Waals surface area contributed by atoms with Gasteiger partial charge in [0.05, 0.1) is 13.1 Å². The van der Waals surface area contributed by atoms with E-state index in [1.165, 1.54) is 5.56 Å². The number of hydrogen-bond donors (Lipinski definition) is 3. The number of guanidine groups is 1. The molecule has 0 radical (unpaired) electrons. The summed E-state index contributed by atoms with van der Waals surface area (Å²) in [5, 5.41) is 10.2. The molecule has 32 heavy (non-hydrogen) atoms. The number of nitrogens with one attached hydrogen (secondary N) is 3. The monoisotopic (exact) mass is 556 g/mol. The van der Waals surface area contributed by atoms with Gasteiger partial charge in [0.1, 0.15) is 0 Å². The summed E-state index contributed by atoms with van der Waals surface area (Å²) >= 11 is 0. The van der Waals surface area contributed by atoms with Gasteiger partial charge in [-0.3, -0.25) is 14.7 Å². The minimum Gasteiger partial charge on any atom is -0.357 e. The summed E-state index contributed by atoms with van der Waals surface area (Å²) < 4.78 is 0. The maximum atomic E-state index is 12.1. The molecule has 2 fully saturated rings. The van der Waals surface area contributed by atoms with Gasteiger partial charge in [-0.25, -0.2) is 0 Å². The zero-order valence-corrected chi connectivity index (χ0v) is 22.4. The van der Waals surface area contributed by atoms with E-state index >= 15 is 0 Å². The zero-order chi connectivity index (χ0) is 22.3. The molecule has 0 aromatic heterocycles. The molecule has 8 heteroatoms. The minimum absolute atomic E-state index is 0.